The Morgan fingerprint density at radius 3 is 2.55 bits per heavy atom. The molecule has 0 bridgehead atoms. The third kappa shape index (κ3) is 4.65. The molecule has 1 rings (SSSR count). The van der Waals surface area contributed by atoms with Gasteiger partial charge >= 0.3 is 0 Å². The number of aliphatic hydroxyl groups excluding tert-OH is 4. The van der Waals surface area contributed by atoms with Crippen molar-refractivity contribution in [3.05, 3.63) is 0 Å². The molecule has 1 aliphatic heterocycles. The maximum atomic E-state index is 11.8. The fraction of sp³-hybridized carbons (Fsp3) is 0.917. The first-order chi connectivity index (χ1) is 9.90. The first kappa shape index (κ1) is 15.6. The third-order valence-electron chi connectivity index (χ3n) is 3.14. The van der Waals surface area contributed by atoms with Gasteiger partial charge in [0.25, 0.3) is 0 Å². The van der Waals surface area contributed by atoms with Gasteiger partial charge in [-0.25, -0.2) is 0 Å². The van der Waals surface area contributed by atoms with Crippen LogP contribution in [0.2, 0.25) is 0 Å². The van der Waals surface area contributed by atoms with Gasteiger partial charge in [0.15, 0.2) is 6.23 Å². The number of hydrogen-bond acceptors (Lipinski definition) is 7. The number of carbonyl (C=O) groups is 1. The predicted molar refractivity (Wildman–Crippen MR) is 69.4 cm³/mol. The van der Waals surface area contributed by atoms with Crippen LogP contribution in [0, 0.1) is 0 Å². The van der Waals surface area contributed by atoms with E-state index in [2.05, 4.69) is 5.32 Å². The van der Waals surface area contributed by atoms with E-state index in [1.165, 1.54) is 0 Å². The standard InChI is InChI=1S/C12H24N2O6/c13-5-3-1-2-4-8(16)14-12-11(19)10(18)9(17)7(6-15)20-12/h7,9-12,15,17-19H,1-6,13H2,(H,14,16)/t7-,9+,10+,11-,12?/m1/s1/i2D/t2?,7-,9+,10+,11-,12?. The van der Waals surface area contributed by atoms with E-state index in [9.17, 15) is 20.1 Å². The maximum Gasteiger partial charge on any atom is 0.222 e. The number of nitrogens with one attached hydrogen (secondary N) is 1. The summed E-state index contributed by atoms with van der Waals surface area (Å²) in [7, 11) is 0. The second kappa shape index (κ2) is 8.50. The first-order valence-electron chi connectivity index (χ1n) is 7.20. The van der Waals surface area contributed by atoms with E-state index < -0.39 is 49.6 Å². The summed E-state index contributed by atoms with van der Waals surface area (Å²) < 4.78 is 12.8. The van der Waals surface area contributed by atoms with Crippen molar-refractivity contribution in [2.75, 3.05) is 13.2 Å². The third-order valence-corrected chi connectivity index (χ3v) is 3.14. The number of carbonyl (C=O) groups excluding carboxylic acids is 1. The molecule has 0 radical (unpaired) electrons. The highest BCUT2D eigenvalue weighted by Crippen LogP contribution is 2.19. The zero-order valence-corrected chi connectivity index (χ0v) is 11.2. The van der Waals surface area contributed by atoms with Gasteiger partial charge in [-0.15, -0.1) is 0 Å². The lowest BCUT2D eigenvalue weighted by Crippen LogP contribution is -2.63. The van der Waals surface area contributed by atoms with Crippen molar-refractivity contribution in [1.82, 2.24) is 5.32 Å². The van der Waals surface area contributed by atoms with Gasteiger partial charge in [-0.1, -0.05) is 6.42 Å². The number of aliphatic hydroxyl groups is 4. The molecule has 1 fully saturated rings. The maximum absolute atomic E-state index is 11.8. The van der Waals surface area contributed by atoms with Crippen LogP contribution in [0.4, 0.5) is 0 Å². The summed E-state index contributed by atoms with van der Waals surface area (Å²) >= 11 is 0. The summed E-state index contributed by atoms with van der Waals surface area (Å²) in [4.78, 5) is 11.8. The van der Waals surface area contributed by atoms with Crippen molar-refractivity contribution in [1.29, 1.82) is 0 Å². The Balaban J connectivity index is 2.50. The number of rotatable bonds is 7. The molecule has 1 heterocycles. The average Bonchev–Trinajstić information content (AvgIpc) is 2.45. The fourth-order valence-corrected chi connectivity index (χ4v) is 1.93. The van der Waals surface area contributed by atoms with Crippen molar-refractivity contribution >= 4 is 5.91 Å². The molecule has 8 nitrogen and oxygen atoms in total. The molecule has 1 amide bonds. The van der Waals surface area contributed by atoms with Crippen LogP contribution in [-0.4, -0.2) is 70.1 Å². The molecule has 2 unspecified atom stereocenters. The molecule has 0 saturated carbocycles. The van der Waals surface area contributed by atoms with Gasteiger partial charge in [0, 0.05) is 7.79 Å². The minimum absolute atomic E-state index is 0.0883. The van der Waals surface area contributed by atoms with Crippen LogP contribution in [0.15, 0.2) is 0 Å². The highest BCUT2D eigenvalue weighted by atomic mass is 16.6. The number of amides is 1. The van der Waals surface area contributed by atoms with Crippen LogP contribution in [0.3, 0.4) is 0 Å². The summed E-state index contributed by atoms with van der Waals surface area (Å²) in [5.74, 6) is -0.517. The van der Waals surface area contributed by atoms with Crippen LogP contribution in [0.25, 0.3) is 0 Å². The Morgan fingerprint density at radius 2 is 1.95 bits per heavy atom. The fourth-order valence-electron chi connectivity index (χ4n) is 1.93. The summed E-state index contributed by atoms with van der Waals surface area (Å²) in [5, 5.41) is 40.3. The van der Waals surface area contributed by atoms with Crippen LogP contribution in [-0.2, 0) is 9.53 Å². The van der Waals surface area contributed by atoms with E-state index in [-0.39, 0.29) is 6.42 Å². The van der Waals surface area contributed by atoms with Crippen LogP contribution in [0.1, 0.15) is 27.0 Å². The first-order valence-corrected chi connectivity index (χ1v) is 6.62. The Hall–Kier alpha value is -0.770. The lowest BCUT2D eigenvalue weighted by atomic mass is 9.98. The topological polar surface area (TPSA) is 145 Å². The van der Waals surface area contributed by atoms with Crippen molar-refractivity contribution in [3.63, 3.8) is 0 Å². The molecule has 0 aromatic heterocycles. The molecule has 1 saturated heterocycles. The minimum atomic E-state index is -1.54. The lowest BCUT2D eigenvalue weighted by molar-refractivity contribution is -0.236. The average molecular weight is 293 g/mol. The highest BCUT2D eigenvalue weighted by molar-refractivity contribution is 5.76. The normalized spacial score (nSPS) is 36.2. The number of ether oxygens (including phenoxy) is 1. The number of nitrogens with two attached hydrogens (primary N) is 1. The van der Waals surface area contributed by atoms with Crippen molar-refractivity contribution in [2.45, 2.75) is 56.3 Å². The van der Waals surface area contributed by atoms with Gasteiger partial charge < -0.3 is 36.2 Å². The van der Waals surface area contributed by atoms with E-state index in [1.54, 1.807) is 0 Å². The van der Waals surface area contributed by atoms with Gasteiger partial charge in [0.1, 0.15) is 24.4 Å². The SMILES string of the molecule is [2H]C(CCCN)CC(=O)NC1O[C@H](CO)[C@H](O)[C@H](O)[C@H]1O. The van der Waals surface area contributed by atoms with Gasteiger partial charge in [-0.05, 0) is 19.4 Å². The molecule has 1 aliphatic rings. The van der Waals surface area contributed by atoms with Crippen LogP contribution >= 0.6 is 0 Å². The largest absolute Gasteiger partial charge is 0.394 e. The molecule has 20 heavy (non-hydrogen) atoms. The van der Waals surface area contributed by atoms with Crippen molar-refractivity contribution in [3.8, 4) is 0 Å². The Kier molecular flexibility index (Phi) is 6.64. The molecule has 8 heteroatoms. The number of hydrogen-bond donors (Lipinski definition) is 6. The summed E-state index contributed by atoms with van der Waals surface area (Å²) in [6, 6.07) is 0. The van der Waals surface area contributed by atoms with Crippen LogP contribution < -0.4 is 11.1 Å². The zero-order chi connectivity index (χ0) is 16.0. The summed E-state index contributed by atoms with van der Waals surface area (Å²) in [6.45, 7) is -0.113. The van der Waals surface area contributed by atoms with E-state index in [1.807, 2.05) is 0 Å². The summed E-state index contributed by atoms with van der Waals surface area (Å²) in [5.41, 5.74) is 5.32. The van der Waals surface area contributed by atoms with Gasteiger partial charge in [-0.3, -0.25) is 4.79 Å². The van der Waals surface area contributed by atoms with Gasteiger partial charge in [-0.2, -0.15) is 0 Å². The predicted octanol–water partition coefficient (Wildman–Crippen LogP) is -2.58. The zero-order valence-electron chi connectivity index (χ0n) is 12.2. The quantitative estimate of drug-likeness (QED) is 0.302. The smallest absolute Gasteiger partial charge is 0.222 e. The summed E-state index contributed by atoms with van der Waals surface area (Å²) in [6.07, 6.45) is -6.41. The van der Waals surface area contributed by atoms with Crippen LogP contribution in [0.5, 0.6) is 0 Å². The molecular formula is C12H24N2O6. The second-order valence-corrected chi connectivity index (χ2v) is 4.74. The lowest BCUT2D eigenvalue weighted by Gasteiger charge is -2.40. The van der Waals surface area contributed by atoms with E-state index in [0.717, 1.165) is 0 Å². The van der Waals surface area contributed by atoms with E-state index in [0.29, 0.717) is 19.4 Å². The van der Waals surface area contributed by atoms with E-state index in [4.69, 9.17) is 16.9 Å². The highest BCUT2D eigenvalue weighted by Gasteiger charge is 2.43. The van der Waals surface area contributed by atoms with Crippen molar-refractivity contribution < 1.29 is 31.3 Å². The van der Waals surface area contributed by atoms with E-state index >= 15 is 0 Å². The Morgan fingerprint density at radius 1 is 1.25 bits per heavy atom. The monoisotopic (exact) mass is 293 g/mol. The Bertz CT molecular complexity index is 333. The van der Waals surface area contributed by atoms with Gasteiger partial charge in [0.2, 0.25) is 5.91 Å². The molecule has 0 spiro atoms. The molecular weight excluding hydrogens is 268 g/mol. The Labute approximate surface area is 118 Å². The molecule has 0 aliphatic carbocycles. The molecule has 7 N–H and O–H groups in total. The van der Waals surface area contributed by atoms with Gasteiger partial charge in [0.05, 0.1) is 6.61 Å². The second-order valence-electron chi connectivity index (χ2n) is 4.74. The molecule has 6 atom stereocenters. The molecule has 118 valence electrons. The molecule has 0 aromatic rings. The van der Waals surface area contributed by atoms with Crippen molar-refractivity contribution in [2.24, 2.45) is 5.73 Å². The molecule has 0 aromatic carbocycles. The minimum Gasteiger partial charge on any atom is -0.394 e.